The maximum Gasteiger partial charge on any atom is 0.0320 e. The molecule has 2 rings (SSSR count). The summed E-state index contributed by atoms with van der Waals surface area (Å²) in [4.78, 5) is 1.50. The largest absolute Gasteiger partial charge is 0.310 e. The molecule has 0 aliphatic heterocycles. The van der Waals surface area contributed by atoms with Gasteiger partial charge in [0.05, 0.1) is 0 Å². The molecule has 1 heterocycles. The van der Waals surface area contributed by atoms with E-state index in [0.29, 0.717) is 6.04 Å². The first-order chi connectivity index (χ1) is 10.3. The molecular formula is C19H27NS. The van der Waals surface area contributed by atoms with Gasteiger partial charge >= 0.3 is 0 Å². The van der Waals surface area contributed by atoms with E-state index in [1.165, 1.54) is 48.1 Å². The van der Waals surface area contributed by atoms with E-state index in [1.807, 2.05) is 11.3 Å². The van der Waals surface area contributed by atoms with Crippen molar-refractivity contribution in [3.63, 3.8) is 0 Å². The molecule has 0 saturated heterocycles. The second kappa shape index (κ2) is 9.01. The minimum atomic E-state index is 0.491. The van der Waals surface area contributed by atoms with E-state index in [4.69, 9.17) is 0 Å². The van der Waals surface area contributed by atoms with Crippen LogP contribution in [0.2, 0.25) is 0 Å². The number of hydrogen-bond acceptors (Lipinski definition) is 2. The smallest absolute Gasteiger partial charge is 0.0320 e. The van der Waals surface area contributed by atoms with Gasteiger partial charge in [0.25, 0.3) is 0 Å². The summed E-state index contributed by atoms with van der Waals surface area (Å²) in [6, 6.07) is 14.1. The topological polar surface area (TPSA) is 12.0 Å². The fraction of sp³-hybridized carbons (Fsp3) is 0.474. The molecule has 2 heteroatoms. The van der Waals surface area contributed by atoms with Crippen LogP contribution in [-0.4, -0.2) is 6.54 Å². The molecule has 0 spiro atoms. The van der Waals surface area contributed by atoms with E-state index in [2.05, 4.69) is 60.9 Å². The highest BCUT2D eigenvalue weighted by molar-refractivity contribution is 7.09. The first-order valence-electron chi connectivity index (χ1n) is 8.18. The van der Waals surface area contributed by atoms with Crippen molar-refractivity contribution in [2.45, 2.75) is 52.0 Å². The molecule has 1 unspecified atom stereocenters. The van der Waals surface area contributed by atoms with Crippen LogP contribution in [-0.2, 0) is 12.8 Å². The SMILES string of the molecule is CCCc1ccc(C(CCCc2cccs2)NCC)cc1. The molecule has 2 aromatic rings. The Morgan fingerprint density at radius 1 is 1.05 bits per heavy atom. The quantitative estimate of drug-likeness (QED) is 0.656. The molecule has 114 valence electrons. The van der Waals surface area contributed by atoms with Crippen LogP contribution in [0.5, 0.6) is 0 Å². The molecule has 0 radical (unpaired) electrons. The Morgan fingerprint density at radius 2 is 1.86 bits per heavy atom. The van der Waals surface area contributed by atoms with Gasteiger partial charge in [0, 0.05) is 10.9 Å². The molecule has 0 saturated carbocycles. The lowest BCUT2D eigenvalue weighted by atomic mass is 9.98. The number of benzene rings is 1. The monoisotopic (exact) mass is 301 g/mol. The highest BCUT2D eigenvalue weighted by Gasteiger charge is 2.10. The Bertz CT molecular complexity index is 487. The molecule has 1 nitrogen and oxygen atoms in total. The minimum Gasteiger partial charge on any atom is -0.310 e. The van der Waals surface area contributed by atoms with Gasteiger partial charge in [0.2, 0.25) is 0 Å². The summed E-state index contributed by atoms with van der Waals surface area (Å²) in [6.45, 7) is 5.46. The van der Waals surface area contributed by atoms with Gasteiger partial charge in [-0.2, -0.15) is 0 Å². The van der Waals surface area contributed by atoms with Gasteiger partial charge in [-0.05, 0) is 54.8 Å². The summed E-state index contributed by atoms with van der Waals surface area (Å²) >= 11 is 1.87. The molecule has 0 fully saturated rings. The lowest BCUT2D eigenvalue weighted by Crippen LogP contribution is -2.21. The molecule has 1 N–H and O–H groups in total. The van der Waals surface area contributed by atoms with Crippen LogP contribution in [0.4, 0.5) is 0 Å². The summed E-state index contributed by atoms with van der Waals surface area (Å²) in [5.41, 5.74) is 2.89. The van der Waals surface area contributed by atoms with Gasteiger partial charge in [0.15, 0.2) is 0 Å². The van der Waals surface area contributed by atoms with Crippen molar-refractivity contribution in [3.8, 4) is 0 Å². The van der Waals surface area contributed by atoms with Gasteiger partial charge in [-0.3, -0.25) is 0 Å². The lowest BCUT2D eigenvalue weighted by Gasteiger charge is -2.18. The maximum atomic E-state index is 3.63. The third-order valence-electron chi connectivity index (χ3n) is 3.87. The number of aryl methyl sites for hydroxylation is 2. The molecule has 1 aromatic carbocycles. The van der Waals surface area contributed by atoms with Gasteiger partial charge in [0.1, 0.15) is 0 Å². The van der Waals surface area contributed by atoms with Crippen molar-refractivity contribution < 1.29 is 0 Å². The summed E-state index contributed by atoms with van der Waals surface area (Å²) in [5, 5.41) is 5.80. The summed E-state index contributed by atoms with van der Waals surface area (Å²) < 4.78 is 0. The lowest BCUT2D eigenvalue weighted by molar-refractivity contribution is 0.499. The second-order valence-electron chi connectivity index (χ2n) is 5.57. The van der Waals surface area contributed by atoms with Crippen LogP contribution in [0.15, 0.2) is 41.8 Å². The Hall–Kier alpha value is -1.12. The van der Waals surface area contributed by atoms with Crippen LogP contribution >= 0.6 is 11.3 Å². The van der Waals surface area contributed by atoms with E-state index >= 15 is 0 Å². The first-order valence-corrected chi connectivity index (χ1v) is 9.06. The minimum absolute atomic E-state index is 0.491. The Balaban J connectivity index is 1.90. The van der Waals surface area contributed by atoms with Crippen molar-refractivity contribution in [1.82, 2.24) is 5.32 Å². The highest BCUT2D eigenvalue weighted by atomic mass is 32.1. The highest BCUT2D eigenvalue weighted by Crippen LogP contribution is 2.22. The zero-order valence-corrected chi connectivity index (χ0v) is 14.1. The third-order valence-corrected chi connectivity index (χ3v) is 4.80. The number of hydrogen-bond donors (Lipinski definition) is 1. The molecule has 0 bridgehead atoms. The van der Waals surface area contributed by atoms with Crippen LogP contribution in [0.1, 0.15) is 55.2 Å². The van der Waals surface area contributed by atoms with Crippen molar-refractivity contribution in [2.75, 3.05) is 6.54 Å². The molecule has 0 amide bonds. The maximum absolute atomic E-state index is 3.63. The van der Waals surface area contributed by atoms with Gasteiger partial charge < -0.3 is 5.32 Å². The predicted octanol–water partition coefficient (Wildman–Crippen LogP) is 5.37. The Labute approximate surface area is 133 Å². The van der Waals surface area contributed by atoms with E-state index in [9.17, 15) is 0 Å². The average molecular weight is 301 g/mol. The van der Waals surface area contributed by atoms with Gasteiger partial charge in [-0.15, -0.1) is 11.3 Å². The van der Waals surface area contributed by atoms with E-state index < -0.39 is 0 Å². The first kappa shape index (κ1) is 16.3. The fourth-order valence-corrected chi connectivity index (χ4v) is 3.52. The van der Waals surface area contributed by atoms with Crippen molar-refractivity contribution >= 4 is 11.3 Å². The van der Waals surface area contributed by atoms with Crippen LogP contribution in [0, 0.1) is 0 Å². The van der Waals surface area contributed by atoms with Crippen molar-refractivity contribution in [3.05, 3.63) is 57.8 Å². The molecule has 0 aliphatic carbocycles. The van der Waals surface area contributed by atoms with Crippen LogP contribution in [0.3, 0.4) is 0 Å². The normalized spacial score (nSPS) is 12.5. The van der Waals surface area contributed by atoms with Gasteiger partial charge in [-0.25, -0.2) is 0 Å². The zero-order valence-electron chi connectivity index (χ0n) is 13.3. The number of rotatable bonds is 9. The zero-order chi connectivity index (χ0) is 14.9. The molecule has 21 heavy (non-hydrogen) atoms. The average Bonchev–Trinajstić information content (AvgIpc) is 3.01. The van der Waals surface area contributed by atoms with E-state index in [-0.39, 0.29) is 0 Å². The van der Waals surface area contributed by atoms with Gasteiger partial charge in [-0.1, -0.05) is 50.6 Å². The van der Waals surface area contributed by atoms with Crippen LogP contribution < -0.4 is 5.32 Å². The Morgan fingerprint density at radius 3 is 2.48 bits per heavy atom. The molecular weight excluding hydrogens is 274 g/mol. The standard InChI is InChI=1S/C19H27NS/c1-3-7-16-11-13-17(14-12-16)19(20-4-2)10-5-8-18-9-6-15-21-18/h6,9,11-15,19-20H,3-5,7-8,10H2,1-2H3. The van der Waals surface area contributed by atoms with Crippen LogP contribution in [0.25, 0.3) is 0 Å². The number of nitrogens with one attached hydrogen (secondary N) is 1. The van der Waals surface area contributed by atoms with Crippen molar-refractivity contribution in [1.29, 1.82) is 0 Å². The van der Waals surface area contributed by atoms with E-state index in [0.717, 1.165) is 6.54 Å². The molecule has 0 aliphatic rings. The van der Waals surface area contributed by atoms with E-state index in [1.54, 1.807) is 0 Å². The molecule has 1 atom stereocenters. The summed E-state index contributed by atoms with van der Waals surface area (Å²) in [6.07, 6.45) is 6.06. The Kier molecular flexibility index (Phi) is 6.98. The predicted molar refractivity (Wildman–Crippen MR) is 94.1 cm³/mol. The summed E-state index contributed by atoms with van der Waals surface area (Å²) in [7, 11) is 0. The fourth-order valence-electron chi connectivity index (χ4n) is 2.77. The second-order valence-corrected chi connectivity index (χ2v) is 6.61. The molecule has 1 aromatic heterocycles. The van der Waals surface area contributed by atoms with Crippen molar-refractivity contribution in [2.24, 2.45) is 0 Å². The number of thiophene rings is 1. The summed E-state index contributed by atoms with van der Waals surface area (Å²) in [5.74, 6) is 0. The third kappa shape index (κ3) is 5.29.